The van der Waals surface area contributed by atoms with E-state index >= 15 is 0 Å². The molecule has 23 heavy (non-hydrogen) atoms. The molecule has 0 aliphatic heterocycles. The molecule has 0 unspecified atom stereocenters. The van der Waals surface area contributed by atoms with Gasteiger partial charge in [-0.2, -0.15) is 0 Å². The van der Waals surface area contributed by atoms with Crippen LogP contribution in [-0.2, 0) is 14.8 Å². The summed E-state index contributed by atoms with van der Waals surface area (Å²) in [7, 11) is -2.98. The lowest BCUT2D eigenvalue weighted by atomic mass is 10.3. The Morgan fingerprint density at radius 2 is 1.87 bits per heavy atom. The maximum absolute atomic E-state index is 13.8. The molecule has 0 aliphatic rings. The van der Waals surface area contributed by atoms with Crippen LogP contribution in [-0.4, -0.2) is 33.1 Å². The molecule has 2 rings (SSSR count). The Morgan fingerprint density at radius 3 is 2.39 bits per heavy atom. The molecule has 6 nitrogen and oxygen atoms in total. The predicted molar refractivity (Wildman–Crippen MR) is 81.6 cm³/mol. The quantitative estimate of drug-likeness (QED) is 0.871. The summed E-state index contributed by atoms with van der Waals surface area (Å²) in [6, 6.07) is 10.9. The molecule has 0 radical (unpaired) electrons. The molecule has 2 aromatic rings. The zero-order chi connectivity index (χ0) is 17.0. The molecular weight excluding hydrogens is 325 g/mol. The lowest BCUT2D eigenvalue weighted by Crippen LogP contribution is -2.35. The average Bonchev–Trinajstić information content (AvgIpc) is 2.53. The van der Waals surface area contributed by atoms with Crippen LogP contribution in [0.1, 0.15) is 0 Å². The van der Waals surface area contributed by atoms with Gasteiger partial charge in [0.05, 0.1) is 17.7 Å². The number of hydrogen-bond donors (Lipinski definition) is 1. The molecule has 0 saturated heterocycles. The number of carboxylic acid groups (broad SMARTS) is 1. The van der Waals surface area contributed by atoms with Crippen LogP contribution in [0.5, 0.6) is 5.75 Å². The van der Waals surface area contributed by atoms with Crippen LogP contribution in [0.2, 0.25) is 0 Å². The first-order valence-electron chi connectivity index (χ1n) is 6.49. The van der Waals surface area contributed by atoms with Crippen molar-refractivity contribution in [2.75, 3.05) is 18.0 Å². The van der Waals surface area contributed by atoms with E-state index in [9.17, 15) is 17.6 Å². The molecule has 2 aromatic carbocycles. The van der Waals surface area contributed by atoms with Crippen molar-refractivity contribution < 1.29 is 27.4 Å². The molecule has 0 fully saturated rings. The van der Waals surface area contributed by atoms with Crippen molar-refractivity contribution in [1.82, 2.24) is 0 Å². The molecule has 1 N–H and O–H groups in total. The SMILES string of the molecule is COc1ccc(S(=O)(=O)N(CC(=O)O)c2ccccc2)cc1F. The van der Waals surface area contributed by atoms with Crippen molar-refractivity contribution in [3.63, 3.8) is 0 Å². The highest BCUT2D eigenvalue weighted by Crippen LogP contribution is 2.26. The van der Waals surface area contributed by atoms with Gasteiger partial charge in [-0.15, -0.1) is 0 Å². The monoisotopic (exact) mass is 339 g/mol. The Hall–Kier alpha value is -2.61. The number of anilines is 1. The molecule has 8 heteroatoms. The third-order valence-corrected chi connectivity index (χ3v) is 4.80. The van der Waals surface area contributed by atoms with E-state index in [0.29, 0.717) is 4.31 Å². The Morgan fingerprint density at radius 1 is 1.22 bits per heavy atom. The Balaban J connectivity index is 2.52. The largest absolute Gasteiger partial charge is 0.494 e. The standard InChI is InChI=1S/C15H14FNO5S/c1-22-14-8-7-12(9-13(14)16)23(20,21)17(10-15(18)19)11-5-3-2-4-6-11/h2-9H,10H2,1H3,(H,18,19). The van der Waals surface area contributed by atoms with E-state index < -0.39 is 28.4 Å². The average molecular weight is 339 g/mol. The minimum absolute atomic E-state index is 0.103. The lowest BCUT2D eigenvalue weighted by Gasteiger charge is -2.22. The highest BCUT2D eigenvalue weighted by Gasteiger charge is 2.27. The summed E-state index contributed by atoms with van der Waals surface area (Å²) in [5.41, 5.74) is 0.172. The van der Waals surface area contributed by atoms with E-state index in [1.165, 1.54) is 25.3 Å². The smallest absolute Gasteiger partial charge is 0.324 e. The Kier molecular flexibility index (Phi) is 4.85. The molecule has 0 heterocycles. The number of ether oxygens (including phenoxy) is 1. The molecule has 0 spiro atoms. The molecule has 0 aliphatic carbocycles. The molecule has 0 aromatic heterocycles. The Bertz CT molecular complexity index is 808. The van der Waals surface area contributed by atoms with Gasteiger partial charge in [0.2, 0.25) is 0 Å². The van der Waals surface area contributed by atoms with Crippen LogP contribution < -0.4 is 9.04 Å². The number of para-hydroxylation sites is 1. The fourth-order valence-electron chi connectivity index (χ4n) is 1.97. The minimum atomic E-state index is -4.24. The van der Waals surface area contributed by atoms with Gasteiger partial charge in [0, 0.05) is 0 Å². The van der Waals surface area contributed by atoms with Crippen molar-refractivity contribution in [2.45, 2.75) is 4.90 Å². The second-order valence-corrected chi connectivity index (χ2v) is 6.40. The maximum Gasteiger partial charge on any atom is 0.324 e. The Labute approximate surface area is 132 Å². The van der Waals surface area contributed by atoms with Gasteiger partial charge in [0.15, 0.2) is 11.6 Å². The number of sulfonamides is 1. The first-order valence-corrected chi connectivity index (χ1v) is 7.93. The number of carbonyl (C=O) groups is 1. The zero-order valence-electron chi connectivity index (χ0n) is 12.1. The number of aliphatic carboxylic acids is 1. The summed E-state index contributed by atoms with van der Waals surface area (Å²) >= 11 is 0. The van der Waals surface area contributed by atoms with Crippen molar-refractivity contribution in [2.24, 2.45) is 0 Å². The van der Waals surface area contributed by atoms with E-state index in [1.54, 1.807) is 18.2 Å². The van der Waals surface area contributed by atoms with Crippen molar-refractivity contribution >= 4 is 21.7 Å². The minimum Gasteiger partial charge on any atom is -0.494 e. The molecule has 0 atom stereocenters. The van der Waals surface area contributed by atoms with Crippen molar-refractivity contribution in [3.8, 4) is 5.75 Å². The van der Waals surface area contributed by atoms with Crippen LogP contribution in [0.25, 0.3) is 0 Å². The molecule has 0 saturated carbocycles. The first kappa shape index (κ1) is 16.8. The number of methoxy groups -OCH3 is 1. The summed E-state index contributed by atoms with van der Waals surface area (Å²) in [5, 5.41) is 8.99. The number of nitrogens with zero attached hydrogens (tertiary/aromatic N) is 1. The predicted octanol–water partition coefficient (Wildman–Crippen LogP) is 2.11. The number of benzene rings is 2. The zero-order valence-corrected chi connectivity index (χ0v) is 13.0. The van der Waals surface area contributed by atoms with Crippen LogP contribution in [0.4, 0.5) is 10.1 Å². The summed E-state index contributed by atoms with van der Waals surface area (Å²) < 4.78 is 44.6. The molecule has 122 valence electrons. The fraction of sp³-hybridized carbons (Fsp3) is 0.133. The first-order chi connectivity index (χ1) is 10.9. The fourth-order valence-corrected chi connectivity index (χ4v) is 3.39. The van der Waals surface area contributed by atoms with E-state index in [4.69, 9.17) is 9.84 Å². The number of carboxylic acids is 1. The van der Waals surface area contributed by atoms with Gasteiger partial charge in [-0.1, -0.05) is 18.2 Å². The number of hydrogen-bond acceptors (Lipinski definition) is 4. The second-order valence-electron chi connectivity index (χ2n) is 4.54. The van der Waals surface area contributed by atoms with Gasteiger partial charge in [-0.3, -0.25) is 9.10 Å². The highest BCUT2D eigenvalue weighted by atomic mass is 32.2. The van der Waals surface area contributed by atoms with Gasteiger partial charge in [0.25, 0.3) is 10.0 Å². The summed E-state index contributed by atoms with van der Waals surface area (Å²) in [4.78, 5) is 10.7. The molecule has 0 amide bonds. The molecular formula is C15H14FNO5S. The summed E-state index contributed by atoms with van der Waals surface area (Å²) in [5.74, 6) is -2.28. The van der Waals surface area contributed by atoms with Crippen LogP contribution in [0, 0.1) is 5.82 Å². The van der Waals surface area contributed by atoms with Gasteiger partial charge in [-0.05, 0) is 30.3 Å². The van der Waals surface area contributed by atoms with Gasteiger partial charge in [-0.25, -0.2) is 12.8 Å². The van der Waals surface area contributed by atoms with Gasteiger partial charge < -0.3 is 9.84 Å². The summed E-state index contributed by atoms with van der Waals surface area (Å²) in [6.45, 7) is -0.778. The van der Waals surface area contributed by atoms with E-state index in [2.05, 4.69) is 0 Å². The van der Waals surface area contributed by atoms with E-state index in [1.807, 2.05) is 0 Å². The van der Waals surface area contributed by atoms with Crippen LogP contribution >= 0.6 is 0 Å². The third kappa shape index (κ3) is 3.59. The van der Waals surface area contributed by atoms with Gasteiger partial charge >= 0.3 is 5.97 Å². The van der Waals surface area contributed by atoms with Crippen LogP contribution in [0.15, 0.2) is 53.4 Å². The van der Waals surface area contributed by atoms with E-state index in [-0.39, 0.29) is 16.3 Å². The summed E-state index contributed by atoms with van der Waals surface area (Å²) in [6.07, 6.45) is 0. The second kappa shape index (κ2) is 6.66. The third-order valence-electron chi connectivity index (χ3n) is 3.03. The lowest BCUT2D eigenvalue weighted by molar-refractivity contribution is -0.135. The normalized spacial score (nSPS) is 11.0. The van der Waals surface area contributed by atoms with Crippen LogP contribution in [0.3, 0.4) is 0 Å². The van der Waals surface area contributed by atoms with Crippen molar-refractivity contribution in [1.29, 1.82) is 0 Å². The van der Waals surface area contributed by atoms with E-state index in [0.717, 1.165) is 12.1 Å². The number of rotatable bonds is 6. The van der Waals surface area contributed by atoms with Crippen molar-refractivity contribution in [3.05, 3.63) is 54.3 Å². The highest BCUT2D eigenvalue weighted by molar-refractivity contribution is 7.92. The molecule has 0 bridgehead atoms. The maximum atomic E-state index is 13.8. The van der Waals surface area contributed by atoms with Gasteiger partial charge in [0.1, 0.15) is 6.54 Å². The number of halogens is 1. The topological polar surface area (TPSA) is 83.9 Å².